The van der Waals surface area contributed by atoms with Crippen molar-refractivity contribution in [2.45, 2.75) is 51.1 Å². The van der Waals surface area contributed by atoms with Crippen LogP contribution in [-0.4, -0.2) is 19.1 Å². The third-order valence-electron chi connectivity index (χ3n) is 4.04. The second-order valence-corrected chi connectivity index (χ2v) is 5.20. The molecule has 0 bridgehead atoms. The van der Waals surface area contributed by atoms with E-state index < -0.39 is 0 Å². The van der Waals surface area contributed by atoms with E-state index in [2.05, 4.69) is 43.1 Å². The molecule has 0 amide bonds. The lowest BCUT2D eigenvalue weighted by atomic mass is 9.90. The fourth-order valence-corrected chi connectivity index (χ4v) is 2.67. The van der Waals surface area contributed by atoms with Gasteiger partial charge in [0.15, 0.2) is 0 Å². The van der Waals surface area contributed by atoms with Crippen molar-refractivity contribution in [3.63, 3.8) is 0 Å². The van der Waals surface area contributed by atoms with Crippen molar-refractivity contribution < 1.29 is 0 Å². The molecule has 1 aliphatic carbocycles. The molecular weight excluding hydrogens is 208 g/mol. The molecule has 0 atom stereocenters. The average molecular weight is 232 g/mol. The standard InChI is InChI=1S/C15H24N2/c1-3-12-4-8-14(9-5-12)17(2)15-10-6-13(16)7-11-15/h4-5,8-9,13,15H,3,6-7,10-11,16H2,1-2H3. The van der Waals surface area contributed by atoms with E-state index in [4.69, 9.17) is 5.73 Å². The minimum Gasteiger partial charge on any atom is -0.372 e. The van der Waals surface area contributed by atoms with Crippen LogP contribution in [0, 0.1) is 0 Å². The van der Waals surface area contributed by atoms with E-state index in [-0.39, 0.29) is 0 Å². The first-order valence-corrected chi connectivity index (χ1v) is 6.78. The van der Waals surface area contributed by atoms with Gasteiger partial charge in [0.2, 0.25) is 0 Å². The van der Waals surface area contributed by atoms with Crippen LogP contribution < -0.4 is 10.6 Å². The minimum atomic E-state index is 0.433. The highest BCUT2D eigenvalue weighted by Gasteiger charge is 2.21. The van der Waals surface area contributed by atoms with E-state index in [0.29, 0.717) is 12.1 Å². The summed E-state index contributed by atoms with van der Waals surface area (Å²) in [6, 6.07) is 10.1. The highest BCUT2D eigenvalue weighted by molar-refractivity contribution is 5.47. The lowest BCUT2D eigenvalue weighted by Crippen LogP contribution is -2.38. The fraction of sp³-hybridized carbons (Fsp3) is 0.600. The molecule has 1 fully saturated rings. The van der Waals surface area contributed by atoms with Crippen molar-refractivity contribution >= 4 is 5.69 Å². The molecule has 1 aromatic carbocycles. The van der Waals surface area contributed by atoms with Gasteiger partial charge < -0.3 is 10.6 Å². The first kappa shape index (κ1) is 12.4. The molecule has 2 N–H and O–H groups in total. The molecule has 0 saturated heterocycles. The van der Waals surface area contributed by atoms with Gasteiger partial charge in [0.05, 0.1) is 0 Å². The van der Waals surface area contributed by atoms with Crippen molar-refractivity contribution in [3.8, 4) is 0 Å². The fourth-order valence-electron chi connectivity index (χ4n) is 2.67. The van der Waals surface area contributed by atoms with Crippen LogP contribution in [0.25, 0.3) is 0 Å². The maximum Gasteiger partial charge on any atom is 0.0366 e. The molecule has 1 aliphatic rings. The summed E-state index contributed by atoms with van der Waals surface area (Å²) in [5.74, 6) is 0. The van der Waals surface area contributed by atoms with Gasteiger partial charge in [-0.15, -0.1) is 0 Å². The summed E-state index contributed by atoms with van der Waals surface area (Å²) in [5, 5.41) is 0. The number of nitrogens with zero attached hydrogens (tertiary/aromatic N) is 1. The van der Waals surface area contributed by atoms with Gasteiger partial charge in [-0.1, -0.05) is 19.1 Å². The molecule has 2 rings (SSSR count). The first-order chi connectivity index (χ1) is 8.20. The van der Waals surface area contributed by atoms with Crippen molar-refractivity contribution in [2.75, 3.05) is 11.9 Å². The van der Waals surface area contributed by atoms with Gasteiger partial charge in [0, 0.05) is 24.8 Å². The van der Waals surface area contributed by atoms with Crippen LogP contribution in [0.3, 0.4) is 0 Å². The monoisotopic (exact) mass is 232 g/mol. The smallest absolute Gasteiger partial charge is 0.0366 e. The van der Waals surface area contributed by atoms with Gasteiger partial charge >= 0.3 is 0 Å². The van der Waals surface area contributed by atoms with Crippen molar-refractivity contribution in [3.05, 3.63) is 29.8 Å². The molecule has 94 valence electrons. The number of benzene rings is 1. The lowest BCUT2D eigenvalue weighted by molar-refractivity contribution is 0.385. The van der Waals surface area contributed by atoms with Crippen LogP contribution in [0.5, 0.6) is 0 Å². The second kappa shape index (κ2) is 5.54. The first-order valence-electron chi connectivity index (χ1n) is 6.78. The molecule has 0 spiro atoms. The maximum atomic E-state index is 5.96. The summed E-state index contributed by atoms with van der Waals surface area (Å²) in [7, 11) is 2.21. The molecule has 0 aliphatic heterocycles. The largest absolute Gasteiger partial charge is 0.372 e. The average Bonchev–Trinajstić information content (AvgIpc) is 2.39. The highest BCUT2D eigenvalue weighted by atomic mass is 15.1. The van der Waals surface area contributed by atoms with Gasteiger partial charge in [0.25, 0.3) is 0 Å². The van der Waals surface area contributed by atoms with Gasteiger partial charge in [0.1, 0.15) is 0 Å². The van der Waals surface area contributed by atoms with Crippen molar-refractivity contribution in [1.82, 2.24) is 0 Å². The Morgan fingerprint density at radius 3 is 2.24 bits per heavy atom. The Labute approximate surface area is 105 Å². The zero-order valence-electron chi connectivity index (χ0n) is 11.0. The van der Waals surface area contributed by atoms with Crippen molar-refractivity contribution in [2.24, 2.45) is 5.73 Å². The van der Waals surface area contributed by atoms with Crippen LogP contribution in [0.15, 0.2) is 24.3 Å². The molecule has 0 unspecified atom stereocenters. The van der Waals surface area contributed by atoms with Crippen molar-refractivity contribution in [1.29, 1.82) is 0 Å². The molecule has 0 heterocycles. The maximum absolute atomic E-state index is 5.96. The number of anilines is 1. The third-order valence-corrected chi connectivity index (χ3v) is 4.04. The van der Waals surface area contributed by atoms with Crippen LogP contribution in [-0.2, 0) is 6.42 Å². The van der Waals surface area contributed by atoms with Crippen LogP contribution in [0.2, 0.25) is 0 Å². The molecule has 2 nitrogen and oxygen atoms in total. The Hall–Kier alpha value is -1.02. The predicted octanol–water partition coefficient (Wildman–Crippen LogP) is 2.96. The van der Waals surface area contributed by atoms with E-state index in [1.807, 2.05) is 0 Å². The number of hydrogen-bond donors (Lipinski definition) is 1. The zero-order valence-corrected chi connectivity index (χ0v) is 11.0. The number of aryl methyl sites for hydroxylation is 1. The van der Waals surface area contributed by atoms with E-state index in [9.17, 15) is 0 Å². The molecule has 0 aromatic heterocycles. The highest BCUT2D eigenvalue weighted by Crippen LogP contribution is 2.25. The summed E-state index contributed by atoms with van der Waals surface area (Å²) >= 11 is 0. The normalized spacial score (nSPS) is 24.6. The van der Waals surface area contributed by atoms with Gasteiger partial charge in [-0.05, 0) is 49.8 Å². The van der Waals surface area contributed by atoms with E-state index in [0.717, 1.165) is 6.42 Å². The molecule has 1 saturated carbocycles. The molecule has 0 radical (unpaired) electrons. The van der Waals surface area contributed by atoms with Gasteiger partial charge in [-0.25, -0.2) is 0 Å². The third kappa shape index (κ3) is 3.01. The van der Waals surface area contributed by atoms with E-state index in [1.165, 1.54) is 36.9 Å². The van der Waals surface area contributed by atoms with E-state index in [1.54, 1.807) is 0 Å². The lowest BCUT2D eigenvalue weighted by Gasteiger charge is -2.35. The topological polar surface area (TPSA) is 29.3 Å². The predicted molar refractivity (Wildman–Crippen MR) is 74.5 cm³/mol. The number of nitrogens with two attached hydrogens (primary N) is 1. The zero-order chi connectivity index (χ0) is 12.3. The Morgan fingerprint density at radius 2 is 1.71 bits per heavy atom. The molecule has 17 heavy (non-hydrogen) atoms. The Bertz CT molecular complexity index is 336. The summed E-state index contributed by atoms with van der Waals surface area (Å²) in [4.78, 5) is 2.42. The minimum absolute atomic E-state index is 0.433. The SMILES string of the molecule is CCc1ccc(N(C)C2CCC(N)CC2)cc1. The van der Waals surface area contributed by atoms with Crippen LogP contribution in [0.1, 0.15) is 38.2 Å². The molecule has 1 aromatic rings. The summed E-state index contributed by atoms with van der Waals surface area (Å²) in [6.45, 7) is 2.20. The molecular formula is C15H24N2. The number of hydrogen-bond acceptors (Lipinski definition) is 2. The Kier molecular flexibility index (Phi) is 4.06. The van der Waals surface area contributed by atoms with Gasteiger partial charge in [-0.2, -0.15) is 0 Å². The summed E-state index contributed by atoms with van der Waals surface area (Å²) in [6.07, 6.45) is 5.91. The van der Waals surface area contributed by atoms with Crippen LogP contribution in [0.4, 0.5) is 5.69 Å². The summed E-state index contributed by atoms with van der Waals surface area (Å²) in [5.41, 5.74) is 8.70. The summed E-state index contributed by atoms with van der Waals surface area (Å²) < 4.78 is 0. The second-order valence-electron chi connectivity index (χ2n) is 5.20. The van der Waals surface area contributed by atoms with E-state index >= 15 is 0 Å². The number of rotatable bonds is 3. The molecule has 2 heteroatoms. The van der Waals surface area contributed by atoms with Crippen LogP contribution >= 0.6 is 0 Å². The Morgan fingerprint density at radius 1 is 1.12 bits per heavy atom. The Balaban J connectivity index is 2.00. The van der Waals surface area contributed by atoms with Gasteiger partial charge in [-0.3, -0.25) is 0 Å². The quantitative estimate of drug-likeness (QED) is 0.868.